The average Bonchev–Trinajstić information content (AvgIpc) is 3.22. The molecule has 7 heteroatoms. The zero-order valence-corrected chi connectivity index (χ0v) is 32.8. The number of benzene rings is 5. The lowest BCUT2D eigenvalue weighted by Crippen LogP contribution is -2.48. The van der Waals surface area contributed by atoms with Crippen molar-refractivity contribution in [2.45, 2.75) is 103 Å². The highest BCUT2D eigenvalue weighted by atomic mass is 16.2. The smallest absolute Gasteiger partial charge is 0.242 e. The Hall–Kier alpha value is -5.74. The van der Waals surface area contributed by atoms with Crippen LogP contribution in [0.25, 0.3) is 33.2 Å². The van der Waals surface area contributed by atoms with Crippen LogP contribution >= 0.6 is 0 Å². The van der Waals surface area contributed by atoms with Crippen LogP contribution in [0.2, 0.25) is 0 Å². The number of anilines is 1. The molecule has 0 unspecified atom stereocenters. The number of allylic oxidation sites excluding steroid dienone is 1. The van der Waals surface area contributed by atoms with E-state index in [1.165, 1.54) is 51.4 Å². The van der Waals surface area contributed by atoms with Crippen molar-refractivity contribution in [3.05, 3.63) is 126 Å². The first-order valence-electron chi connectivity index (χ1n) is 20.5. The van der Waals surface area contributed by atoms with Gasteiger partial charge in [-0.3, -0.25) is 14.4 Å². The third kappa shape index (κ3) is 12.9. The summed E-state index contributed by atoms with van der Waals surface area (Å²) in [5.74, 6) is -0.648. The number of nitrogens with one attached hydrogen (secondary N) is 3. The Bertz CT molecular complexity index is 2050. The second-order valence-electron chi connectivity index (χ2n) is 14.7. The molecule has 0 aliphatic heterocycles. The van der Waals surface area contributed by atoms with E-state index < -0.39 is 6.04 Å². The van der Waals surface area contributed by atoms with Gasteiger partial charge in [-0.25, -0.2) is 0 Å². The highest BCUT2D eigenvalue weighted by Crippen LogP contribution is 2.32. The monoisotopic (exact) mass is 748 g/mol. The molecule has 5 rings (SSSR count). The molecule has 0 heterocycles. The fraction of sp³-hybridized carbons (Fsp3) is 0.347. The number of amides is 3. The molecule has 3 N–H and O–H groups in total. The Morgan fingerprint density at radius 3 is 1.86 bits per heavy atom. The van der Waals surface area contributed by atoms with Gasteiger partial charge in [0.25, 0.3) is 0 Å². The molecule has 1 atom stereocenters. The third-order valence-electron chi connectivity index (χ3n) is 10.3. The van der Waals surface area contributed by atoms with Crippen LogP contribution in [0.5, 0.6) is 0 Å². The van der Waals surface area contributed by atoms with E-state index in [9.17, 15) is 19.6 Å². The summed E-state index contributed by atoms with van der Waals surface area (Å²) in [6.07, 6.45) is 15.2. The Labute approximate surface area is 332 Å². The summed E-state index contributed by atoms with van der Waals surface area (Å²) in [6.45, 7) is 2.83. The Balaban J connectivity index is 1.08. The maximum atomic E-state index is 13.2. The summed E-state index contributed by atoms with van der Waals surface area (Å²) in [6, 6.07) is 37.1. The van der Waals surface area contributed by atoms with Crippen LogP contribution in [0, 0.1) is 11.3 Å². The summed E-state index contributed by atoms with van der Waals surface area (Å²) in [7, 11) is 0. The first-order chi connectivity index (χ1) is 27.4. The minimum Gasteiger partial charge on any atom is -0.354 e. The van der Waals surface area contributed by atoms with Gasteiger partial charge < -0.3 is 16.0 Å². The first kappa shape index (κ1) is 41.4. The Morgan fingerprint density at radius 1 is 0.661 bits per heavy atom. The van der Waals surface area contributed by atoms with Crippen molar-refractivity contribution in [2.24, 2.45) is 0 Å². The Kier molecular flexibility index (Phi) is 16.7. The molecule has 5 aromatic rings. The van der Waals surface area contributed by atoms with Gasteiger partial charge in [0.15, 0.2) is 0 Å². The number of rotatable bonds is 22. The lowest BCUT2D eigenvalue weighted by atomic mass is 9.94. The fourth-order valence-electron chi connectivity index (χ4n) is 7.17. The fourth-order valence-corrected chi connectivity index (χ4v) is 7.17. The molecule has 0 saturated heterocycles. The van der Waals surface area contributed by atoms with Crippen LogP contribution < -0.4 is 16.0 Å². The molecule has 7 nitrogen and oxygen atoms in total. The Morgan fingerprint density at radius 2 is 1.23 bits per heavy atom. The van der Waals surface area contributed by atoms with Gasteiger partial charge >= 0.3 is 0 Å². The van der Waals surface area contributed by atoms with Crippen LogP contribution in [0.15, 0.2) is 109 Å². The zero-order valence-electron chi connectivity index (χ0n) is 32.8. The van der Waals surface area contributed by atoms with Crippen LogP contribution in [-0.4, -0.2) is 30.3 Å². The molecular weight excluding hydrogens is 693 g/mol. The van der Waals surface area contributed by atoms with Gasteiger partial charge in [-0.2, -0.15) is 5.26 Å². The van der Waals surface area contributed by atoms with Gasteiger partial charge in [-0.15, -0.1) is 0 Å². The number of hydrogen-bond donors (Lipinski definition) is 3. The van der Waals surface area contributed by atoms with Crippen LogP contribution in [0.1, 0.15) is 107 Å². The summed E-state index contributed by atoms with van der Waals surface area (Å²) >= 11 is 0. The van der Waals surface area contributed by atoms with E-state index >= 15 is 0 Å². The number of unbranched alkanes of at least 4 members (excludes halogenated alkanes) is 9. The van der Waals surface area contributed by atoms with Gasteiger partial charge in [0.2, 0.25) is 17.7 Å². The van der Waals surface area contributed by atoms with Gasteiger partial charge in [-0.05, 0) is 75.4 Å². The van der Waals surface area contributed by atoms with Gasteiger partial charge in [0, 0.05) is 31.5 Å². The molecule has 3 amide bonds. The number of nitrogens with zero attached hydrogens (tertiary/aromatic N) is 1. The lowest BCUT2D eigenvalue weighted by molar-refractivity contribution is -0.129. The van der Waals surface area contributed by atoms with Crippen molar-refractivity contribution in [1.82, 2.24) is 10.6 Å². The SMILES string of the molecule is CCCCCCCCCCCCNC(=O)[C@H](Cc1ccccc1)NC(=O)CCCC(=O)Nc1ccc(/C(C#N)=C/c2c3ccccc3cc3ccccc23)cc1. The quantitative estimate of drug-likeness (QED) is 0.0283. The van der Waals surface area contributed by atoms with E-state index in [1.54, 1.807) is 12.1 Å². The first-order valence-corrected chi connectivity index (χ1v) is 20.5. The maximum Gasteiger partial charge on any atom is 0.242 e. The minimum atomic E-state index is -0.688. The van der Waals surface area contributed by atoms with Gasteiger partial charge in [0.05, 0.1) is 11.6 Å². The van der Waals surface area contributed by atoms with E-state index in [0.29, 0.717) is 30.6 Å². The third-order valence-corrected chi connectivity index (χ3v) is 10.3. The molecule has 0 aromatic heterocycles. The van der Waals surface area contributed by atoms with E-state index in [1.807, 2.05) is 72.8 Å². The van der Waals surface area contributed by atoms with Crippen molar-refractivity contribution >= 4 is 56.6 Å². The van der Waals surface area contributed by atoms with Crippen molar-refractivity contribution in [3.63, 3.8) is 0 Å². The maximum absolute atomic E-state index is 13.2. The lowest BCUT2D eigenvalue weighted by Gasteiger charge is -2.19. The second-order valence-corrected chi connectivity index (χ2v) is 14.7. The number of carbonyl (C=O) groups excluding carboxylic acids is 3. The summed E-state index contributed by atoms with van der Waals surface area (Å²) in [5, 5.41) is 23.4. The molecule has 0 saturated carbocycles. The highest BCUT2D eigenvalue weighted by Gasteiger charge is 2.21. The van der Waals surface area contributed by atoms with E-state index in [2.05, 4.69) is 59.3 Å². The van der Waals surface area contributed by atoms with Crippen molar-refractivity contribution in [1.29, 1.82) is 5.26 Å². The molecule has 56 heavy (non-hydrogen) atoms. The predicted octanol–water partition coefficient (Wildman–Crippen LogP) is 10.9. The molecular formula is C49H56N4O3. The molecule has 0 aliphatic carbocycles. The second kappa shape index (κ2) is 22.6. The molecule has 0 spiro atoms. The summed E-state index contributed by atoms with van der Waals surface area (Å²) in [5.41, 5.74) is 3.84. The molecule has 0 aliphatic rings. The number of carbonyl (C=O) groups is 3. The number of fused-ring (bicyclic) bond motifs is 2. The van der Waals surface area contributed by atoms with Crippen LogP contribution in [-0.2, 0) is 20.8 Å². The highest BCUT2D eigenvalue weighted by molar-refractivity contribution is 6.10. The van der Waals surface area contributed by atoms with Crippen LogP contribution in [0.4, 0.5) is 5.69 Å². The zero-order chi connectivity index (χ0) is 39.4. The minimum absolute atomic E-state index is 0.128. The van der Waals surface area contributed by atoms with Gasteiger partial charge in [-0.1, -0.05) is 156 Å². The van der Waals surface area contributed by atoms with Gasteiger partial charge in [0.1, 0.15) is 6.04 Å². The topological polar surface area (TPSA) is 111 Å². The number of hydrogen-bond acceptors (Lipinski definition) is 4. The summed E-state index contributed by atoms with van der Waals surface area (Å²) < 4.78 is 0. The number of nitriles is 1. The van der Waals surface area contributed by atoms with E-state index in [-0.39, 0.29) is 30.6 Å². The molecule has 0 bridgehead atoms. The standard InChI is InChI=1S/C49H56N4O3/c1-2-3-4-5-6-7-8-9-10-18-32-51-49(56)46(33-37-20-12-11-13-21-37)53-48(55)27-19-26-47(54)52-42-30-28-38(29-31-42)41(36-50)35-45-43-24-16-14-22-39(43)34-40-23-15-17-25-44(40)45/h11-17,20-25,28-31,34-35,46H,2-10,18-19,26-27,32-33H2,1H3,(H,51,56)(H,52,54)(H,53,55)/b41-35+/t46-/m0/s1. The van der Waals surface area contributed by atoms with E-state index in [4.69, 9.17) is 0 Å². The normalized spacial score (nSPS) is 11.9. The predicted molar refractivity (Wildman–Crippen MR) is 231 cm³/mol. The van der Waals surface area contributed by atoms with E-state index in [0.717, 1.165) is 51.1 Å². The van der Waals surface area contributed by atoms with Crippen molar-refractivity contribution < 1.29 is 14.4 Å². The molecule has 0 radical (unpaired) electrons. The summed E-state index contributed by atoms with van der Waals surface area (Å²) in [4.78, 5) is 39.0. The molecule has 0 fully saturated rings. The van der Waals surface area contributed by atoms with Crippen LogP contribution in [0.3, 0.4) is 0 Å². The van der Waals surface area contributed by atoms with Crippen molar-refractivity contribution in [2.75, 3.05) is 11.9 Å². The largest absolute Gasteiger partial charge is 0.354 e. The molecule has 5 aromatic carbocycles. The molecule has 290 valence electrons. The van der Waals surface area contributed by atoms with Crippen molar-refractivity contribution in [3.8, 4) is 6.07 Å². The average molecular weight is 749 g/mol.